The Hall–Kier alpha value is -2.83. The molecule has 1 atom stereocenters. The number of benzene rings is 1. The van der Waals surface area contributed by atoms with Crippen LogP contribution in [-0.2, 0) is 9.53 Å². The lowest BCUT2D eigenvalue weighted by Gasteiger charge is -2.17. The van der Waals surface area contributed by atoms with E-state index in [4.69, 9.17) is 15.2 Å². The Kier molecular flexibility index (Phi) is 4.55. The van der Waals surface area contributed by atoms with Crippen LogP contribution >= 0.6 is 0 Å². The molecule has 0 radical (unpaired) electrons. The molecule has 7 heteroatoms. The second-order valence-electron chi connectivity index (χ2n) is 4.16. The van der Waals surface area contributed by atoms with Crippen LogP contribution in [0.3, 0.4) is 0 Å². The first-order valence-corrected chi connectivity index (χ1v) is 6.22. The maximum absolute atomic E-state index is 12.0. The predicted octanol–water partition coefficient (Wildman–Crippen LogP) is 1.39. The topological polar surface area (TPSA) is 99.4 Å². The number of anilines is 2. The van der Waals surface area contributed by atoms with Gasteiger partial charge in [0.1, 0.15) is 5.82 Å². The van der Waals surface area contributed by atoms with Gasteiger partial charge in [-0.2, -0.15) is 9.97 Å². The molecule has 0 aliphatic heterocycles. The smallest absolute Gasteiger partial charge is 0.333 e. The number of rotatable bonds is 5. The summed E-state index contributed by atoms with van der Waals surface area (Å²) in [6.07, 6.45) is 0. The van der Waals surface area contributed by atoms with E-state index in [0.29, 0.717) is 11.7 Å². The third-order valence-electron chi connectivity index (χ3n) is 2.79. The van der Waals surface area contributed by atoms with Crippen LogP contribution in [0, 0.1) is 0 Å². The number of nitrogens with zero attached hydrogens (tertiary/aromatic N) is 2. The molecule has 0 fully saturated rings. The number of carbonyl (C=O) groups excluding carboxylic acids is 1. The molecule has 1 unspecified atom stereocenters. The van der Waals surface area contributed by atoms with Crippen LogP contribution in [0.4, 0.5) is 11.8 Å². The number of methoxy groups -OCH3 is 2. The Labute approximate surface area is 122 Å². The molecule has 1 aromatic heterocycles. The normalized spacial score (nSPS) is 11.5. The summed E-state index contributed by atoms with van der Waals surface area (Å²) in [5.41, 5.74) is 6.35. The zero-order valence-corrected chi connectivity index (χ0v) is 11.7. The van der Waals surface area contributed by atoms with Crippen LogP contribution < -0.4 is 15.8 Å². The highest BCUT2D eigenvalue weighted by atomic mass is 16.5. The molecule has 0 spiro atoms. The van der Waals surface area contributed by atoms with Gasteiger partial charge in [0.15, 0.2) is 6.04 Å². The van der Waals surface area contributed by atoms with Gasteiger partial charge in [-0.3, -0.25) is 0 Å². The van der Waals surface area contributed by atoms with E-state index in [1.54, 1.807) is 6.07 Å². The van der Waals surface area contributed by atoms with Crippen LogP contribution in [0.15, 0.2) is 36.4 Å². The Morgan fingerprint density at radius 3 is 2.57 bits per heavy atom. The van der Waals surface area contributed by atoms with E-state index in [-0.39, 0.29) is 5.95 Å². The predicted molar refractivity (Wildman–Crippen MR) is 77.8 cm³/mol. The summed E-state index contributed by atoms with van der Waals surface area (Å²) < 4.78 is 9.84. The molecule has 7 nitrogen and oxygen atoms in total. The van der Waals surface area contributed by atoms with Crippen molar-refractivity contribution in [2.75, 3.05) is 25.3 Å². The SMILES string of the molecule is COC(=O)C(Nc1cc(OC)nc(N)n1)c1ccccc1. The summed E-state index contributed by atoms with van der Waals surface area (Å²) in [7, 11) is 2.80. The zero-order chi connectivity index (χ0) is 15.2. The molecule has 0 saturated carbocycles. The molecular formula is C14H16N4O3. The Morgan fingerprint density at radius 2 is 1.95 bits per heavy atom. The van der Waals surface area contributed by atoms with Gasteiger partial charge in [0, 0.05) is 6.07 Å². The molecule has 0 aliphatic rings. The first-order chi connectivity index (χ1) is 10.1. The highest BCUT2D eigenvalue weighted by molar-refractivity contribution is 5.80. The Morgan fingerprint density at radius 1 is 1.24 bits per heavy atom. The third-order valence-corrected chi connectivity index (χ3v) is 2.79. The van der Waals surface area contributed by atoms with E-state index in [2.05, 4.69) is 15.3 Å². The average molecular weight is 288 g/mol. The molecule has 3 N–H and O–H groups in total. The van der Waals surface area contributed by atoms with Gasteiger partial charge in [0.25, 0.3) is 0 Å². The lowest BCUT2D eigenvalue weighted by atomic mass is 10.1. The number of esters is 1. The van der Waals surface area contributed by atoms with E-state index in [1.165, 1.54) is 14.2 Å². The fourth-order valence-electron chi connectivity index (χ4n) is 1.81. The number of ether oxygens (including phenoxy) is 2. The summed E-state index contributed by atoms with van der Waals surface area (Å²) >= 11 is 0. The molecule has 2 aromatic rings. The minimum absolute atomic E-state index is 0.0496. The number of aromatic nitrogens is 2. The number of hydrogen-bond donors (Lipinski definition) is 2. The first-order valence-electron chi connectivity index (χ1n) is 6.22. The van der Waals surface area contributed by atoms with Crippen molar-refractivity contribution in [2.24, 2.45) is 0 Å². The molecule has 1 aromatic carbocycles. The molecule has 2 rings (SSSR count). The number of hydrogen-bond acceptors (Lipinski definition) is 7. The van der Waals surface area contributed by atoms with Crippen LogP contribution in [0.2, 0.25) is 0 Å². The highest BCUT2D eigenvalue weighted by Crippen LogP contribution is 2.22. The molecule has 0 bridgehead atoms. The summed E-state index contributed by atoms with van der Waals surface area (Å²) in [5, 5.41) is 2.98. The molecular weight excluding hydrogens is 272 g/mol. The lowest BCUT2D eigenvalue weighted by molar-refractivity contribution is -0.141. The Balaban J connectivity index is 2.31. The quantitative estimate of drug-likeness (QED) is 0.802. The van der Waals surface area contributed by atoms with Crippen molar-refractivity contribution >= 4 is 17.7 Å². The van der Waals surface area contributed by atoms with Crippen LogP contribution in [0.5, 0.6) is 5.88 Å². The molecule has 110 valence electrons. The summed E-state index contributed by atoms with van der Waals surface area (Å²) in [4.78, 5) is 19.9. The van der Waals surface area contributed by atoms with Crippen molar-refractivity contribution < 1.29 is 14.3 Å². The third kappa shape index (κ3) is 3.59. The minimum Gasteiger partial charge on any atom is -0.481 e. The average Bonchev–Trinajstić information content (AvgIpc) is 2.52. The van der Waals surface area contributed by atoms with Crippen molar-refractivity contribution in [2.45, 2.75) is 6.04 Å². The van der Waals surface area contributed by atoms with Gasteiger partial charge < -0.3 is 20.5 Å². The van der Waals surface area contributed by atoms with Gasteiger partial charge in [-0.25, -0.2) is 4.79 Å². The van der Waals surface area contributed by atoms with Crippen molar-refractivity contribution in [3.63, 3.8) is 0 Å². The van der Waals surface area contributed by atoms with Crippen molar-refractivity contribution in [1.82, 2.24) is 9.97 Å². The largest absolute Gasteiger partial charge is 0.481 e. The molecule has 0 saturated heterocycles. The van der Waals surface area contributed by atoms with Gasteiger partial charge in [-0.15, -0.1) is 0 Å². The zero-order valence-electron chi connectivity index (χ0n) is 11.7. The minimum atomic E-state index is -0.699. The van der Waals surface area contributed by atoms with Gasteiger partial charge in [0.05, 0.1) is 14.2 Å². The monoisotopic (exact) mass is 288 g/mol. The lowest BCUT2D eigenvalue weighted by Crippen LogP contribution is -2.23. The maximum atomic E-state index is 12.0. The van der Waals surface area contributed by atoms with Gasteiger partial charge >= 0.3 is 5.97 Å². The summed E-state index contributed by atoms with van der Waals surface area (Å²) in [5.74, 6) is 0.297. The van der Waals surface area contributed by atoms with Crippen molar-refractivity contribution in [1.29, 1.82) is 0 Å². The number of nitrogen functional groups attached to an aromatic ring is 1. The van der Waals surface area contributed by atoms with E-state index >= 15 is 0 Å². The number of nitrogens with two attached hydrogens (primary N) is 1. The van der Waals surface area contributed by atoms with Crippen LogP contribution in [-0.4, -0.2) is 30.2 Å². The standard InChI is InChI=1S/C14H16N4O3/c1-20-11-8-10(17-14(15)18-11)16-12(13(19)21-2)9-6-4-3-5-7-9/h3-8,12H,1-2H3,(H3,15,16,17,18). The number of carbonyl (C=O) groups is 1. The first kappa shape index (κ1) is 14.6. The molecule has 1 heterocycles. The van der Waals surface area contributed by atoms with Crippen molar-refractivity contribution in [3.8, 4) is 5.88 Å². The fourth-order valence-corrected chi connectivity index (χ4v) is 1.81. The van der Waals surface area contributed by atoms with Crippen LogP contribution in [0.1, 0.15) is 11.6 Å². The summed E-state index contributed by atoms with van der Waals surface area (Å²) in [6.45, 7) is 0. The molecule has 21 heavy (non-hydrogen) atoms. The van der Waals surface area contributed by atoms with Crippen LogP contribution in [0.25, 0.3) is 0 Å². The van der Waals surface area contributed by atoms with E-state index < -0.39 is 12.0 Å². The molecule has 0 amide bonds. The molecule has 0 aliphatic carbocycles. The second kappa shape index (κ2) is 6.56. The van der Waals surface area contributed by atoms with Gasteiger partial charge in [-0.1, -0.05) is 30.3 Å². The summed E-state index contributed by atoms with van der Waals surface area (Å²) in [6, 6.07) is 10.0. The number of nitrogens with one attached hydrogen (secondary N) is 1. The maximum Gasteiger partial charge on any atom is 0.333 e. The van der Waals surface area contributed by atoms with Crippen molar-refractivity contribution in [3.05, 3.63) is 42.0 Å². The fraction of sp³-hybridized carbons (Fsp3) is 0.214. The van der Waals surface area contributed by atoms with Gasteiger partial charge in [0.2, 0.25) is 11.8 Å². The highest BCUT2D eigenvalue weighted by Gasteiger charge is 2.22. The van der Waals surface area contributed by atoms with E-state index in [1.807, 2.05) is 30.3 Å². The van der Waals surface area contributed by atoms with Gasteiger partial charge in [-0.05, 0) is 5.56 Å². The Bertz CT molecular complexity index is 619. The van der Waals surface area contributed by atoms with E-state index in [0.717, 1.165) is 5.56 Å². The second-order valence-corrected chi connectivity index (χ2v) is 4.16. The van der Waals surface area contributed by atoms with E-state index in [9.17, 15) is 4.79 Å².